The van der Waals surface area contributed by atoms with Gasteiger partial charge in [-0.1, -0.05) is 23.7 Å². The van der Waals surface area contributed by atoms with Crippen LogP contribution in [0, 0.1) is 0 Å². The van der Waals surface area contributed by atoms with Gasteiger partial charge in [0.15, 0.2) is 0 Å². The summed E-state index contributed by atoms with van der Waals surface area (Å²) in [6.07, 6.45) is 3.24. The fourth-order valence-corrected chi connectivity index (χ4v) is 3.08. The third-order valence-electron chi connectivity index (χ3n) is 3.01. The molecule has 5 nitrogen and oxygen atoms in total. The van der Waals surface area contributed by atoms with Gasteiger partial charge in [0, 0.05) is 19.0 Å². The molecule has 1 aliphatic rings. The topological polar surface area (TPSA) is 66.5 Å². The SMILES string of the molecule is CS(=O)(=O)N(CCC(=O)NC1CC1)c1ccccc1Cl. The molecule has 20 heavy (non-hydrogen) atoms. The molecule has 110 valence electrons. The molecule has 0 heterocycles. The van der Waals surface area contributed by atoms with E-state index < -0.39 is 10.0 Å². The van der Waals surface area contributed by atoms with E-state index in [1.54, 1.807) is 24.3 Å². The lowest BCUT2D eigenvalue weighted by Crippen LogP contribution is -2.35. The first-order chi connectivity index (χ1) is 9.38. The zero-order chi connectivity index (χ0) is 14.8. The van der Waals surface area contributed by atoms with E-state index in [4.69, 9.17) is 11.6 Å². The molecule has 7 heteroatoms. The number of anilines is 1. The number of hydrogen-bond acceptors (Lipinski definition) is 3. The Morgan fingerprint density at radius 2 is 2.05 bits per heavy atom. The van der Waals surface area contributed by atoms with Gasteiger partial charge >= 0.3 is 0 Å². The highest BCUT2D eigenvalue weighted by Crippen LogP contribution is 2.27. The van der Waals surface area contributed by atoms with E-state index in [1.807, 2.05) is 0 Å². The van der Waals surface area contributed by atoms with Crippen LogP contribution in [0.15, 0.2) is 24.3 Å². The van der Waals surface area contributed by atoms with Crippen molar-refractivity contribution in [3.05, 3.63) is 29.3 Å². The van der Waals surface area contributed by atoms with E-state index in [2.05, 4.69) is 5.32 Å². The van der Waals surface area contributed by atoms with Crippen LogP contribution < -0.4 is 9.62 Å². The van der Waals surface area contributed by atoms with Crippen molar-refractivity contribution in [2.45, 2.75) is 25.3 Å². The molecule has 0 bridgehead atoms. The minimum atomic E-state index is -3.48. The molecule has 0 atom stereocenters. The first-order valence-electron chi connectivity index (χ1n) is 6.39. The molecule has 0 aromatic heterocycles. The second kappa shape index (κ2) is 6.01. The number of carbonyl (C=O) groups is 1. The Labute approximate surface area is 124 Å². The summed E-state index contributed by atoms with van der Waals surface area (Å²) in [5.74, 6) is -0.131. The molecule has 0 unspecified atom stereocenters. The van der Waals surface area contributed by atoms with Crippen molar-refractivity contribution in [1.29, 1.82) is 0 Å². The second-order valence-corrected chi connectivity index (χ2v) is 7.19. The van der Waals surface area contributed by atoms with Gasteiger partial charge in [-0.25, -0.2) is 8.42 Å². The second-order valence-electron chi connectivity index (χ2n) is 4.88. The standard InChI is InChI=1S/C13H17ClN2O3S/c1-20(18,19)16(12-5-3-2-4-11(12)14)9-8-13(17)15-10-6-7-10/h2-5,10H,6-9H2,1H3,(H,15,17). The number of halogens is 1. The quantitative estimate of drug-likeness (QED) is 0.870. The lowest BCUT2D eigenvalue weighted by Gasteiger charge is -2.23. The third-order valence-corrected chi connectivity index (χ3v) is 4.51. The van der Waals surface area contributed by atoms with Crippen LogP contribution in [0.5, 0.6) is 0 Å². The number of carbonyl (C=O) groups excluding carboxylic acids is 1. The van der Waals surface area contributed by atoms with E-state index in [9.17, 15) is 13.2 Å². The van der Waals surface area contributed by atoms with Gasteiger partial charge in [-0.3, -0.25) is 9.10 Å². The van der Waals surface area contributed by atoms with Gasteiger partial charge in [-0.15, -0.1) is 0 Å². The van der Waals surface area contributed by atoms with Crippen molar-refractivity contribution in [2.24, 2.45) is 0 Å². The zero-order valence-electron chi connectivity index (χ0n) is 11.2. The molecule has 0 aliphatic heterocycles. The molecule has 1 aromatic rings. The van der Waals surface area contributed by atoms with Gasteiger partial charge < -0.3 is 5.32 Å². The van der Waals surface area contributed by atoms with Crippen LogP contribution >= 0.6 is 11.6 Å². The van der Waals surface area contributed by atoms with E-state index in [0.29, 0.717) is 10.7 Å². The van der Waals surface area contributed by atoms with Gasteiger partial charge in [-0.05, 0) is 25.0 Å². The van der Waals surface area contributed by atoms with Crippen LogP contribution in [0.1, 0.15) is 19.3 Å². The van der Waals surface area contributed by atoms with E-state index in [1.165, 1.54) is 4.31 Å². The number of hydrogen-bond donors (Lipinski definition) is 1. The minimum Gasteiger partial charge on any atom is -0.353 e. The highest BCUT2D eigenvalue weighted by atomic mass is 35.5. The summed E-state index contributed by atoms with van der Waals surface area (Å²) in [5, 5.41) is 3.18. The van der Waals surface area contributed by atoms with Crippen molar-refractivity contribution in [3.8, 4) is 0 Å². The Morgan fingerprint density at radius 3 is 2.60 bits per heavy atom. The summed E-state index contributed by atoms with van der Waals surface area (Å²) >= 11 is 6.03. The highest BCUT2D eigenvalue weighted by Gasteiger charge is 2.25. The molecule has 2 rings (SSSR count). The maximum absolute atomic E-state index is 11.9. The maximum atomic E-state index is 11.9. The van der Waals surface area contributed by atoms with Crippen LogP contribution in [-0.4, -0.2) is 33.2 Å². The third kappa shape index (κ3) is 4.11. The number of nitrogens with one attached hydrogen (secondary N) is 1. The van der Waals surface area contributed by atoms with Crippen LogP contribution in [0.2, 0.25) is 5.02 Å². The molecule has 0 spiro atoms. The van der Waals surface area contributed by atoms with E-state index >= 15 is 0 Å². The molecule has 0 saturated heterocycles. The summed E-state index contributed by atoms with van der Waals surface area (Å²) in [5.41, 5.74) is 0.399. The number of para-hydroxylation sites is 1. The van der Waals surface area contributed by atoms with Crippen LogP contribution in [0.25, 0.3) is 0 Å². The molecule has 1 fully saturated rings. The molecule has 1 N–H and O–H groups in total. The average Bonchev–Trinajstić information content (AvgIpc) is 3.14. The Balaban J connectivity index is 2.08. The molecule has 1 saturated carbocycles. The highest BCUT2D eigenvalue weighted by molar-refractivity contribution is 7.92. The molecule has 1 aliphatic carbocycles. The smallest absolute Gasteiger partial charge is 0.232 e. The zero-order valence-corrected chi connectivity index (χ0v) is 12.7. The predicted molar refractivity (Wildman–Crippen MR) is 79.4 cm³/mol. The maximum Gasteiger partial charge on any atom is 0.232 e. The molecular weight excluding hydrogens is 300 g/mol. The lowest BCUT2D eigenvalue weighted by atomic mass is 10.3. The number of amides is 1. The van der Waals surface area contributed by atoms with Gasteiger partial charge in [0.2, 0.25) is 15.9 Å². The lowest BCUT2D eigenvalue weighted by molar-refractivity contribution is -0.121. The Hall–Kier alpha value is -1.27. The van der Waals surface area contributed by atoms with Crippen molar-refractivity contribution < 1.29 is 13.2 Å². The monoisotopic (exact) mass is 316 g/mol. The molecule has 1 amide bonds. The minimum absolute atomic E-state index is 0.0844. The van der Waals surface area contributed by atoms with Crippen molar-refractivity contribution >= 4 is 33.2 Å². The predicted octanol–water partition coefficient (Wildman–Crippen LogP) is 1.77. The first kappa shape index (κ1) is 15.1. The van der Waals surface area contributed by atoms with Crippen molar-refractivity contribution in [3.63, 3.8) is 0 Å². The van der Waals surface area contributed by atoms with E-state index in [0.717, 1.165) is 19.1 Å². The van der Waals surface area contributed by atoms with Crippen molar-refractivity contribution in [2.75, 3.05) is 17.1 Å². The number of sulfonamides is 1. The summed E-state index contributed by atoms with van der Waals surface area (Å²) < 4.78 is 24.9. The van der Waals surface area contributed by atoms with Crippen LogP contribution in [-0.2, 0) is 14.8 Å². The van der Waals surface area contributed by atoms with Crippen LogP contribution in [0.3, 0.4) is 0 Å². The normalized spacial score (nSPS) is 14.9. The first-order valence-corrected chi connectivity index (χ1v) is 8.62. The number of nitrogens with zero attached hydrogens (tertiary/aromatic N) is 1. The molecule has 0 radical (unpaired) electrons. The van der Waals surface area contributed by atoms with Gasteiger partial charge in [-0.2, -0.15) is 0 Å². The summed E-state index contributed by atoms with van der Waals surface area (Å²) in [6.45, 7) is 0.0844. The van der Waals surface area contributed by atoms with Gasteiger partial charge in [0.25, 0.3) is 0 Å². The van der Waals surface area contributed by atoms with Gasteiger partial charge in [0.1, 0.15) is 0 Å². The van der Waals surface area contributed by atoms with Gasteiger partial charge in [0.05, 0.1) is 17.0 Å². The number of benzene rings is 1. The molecular formula is C13H17ClN2O3S. The molecule has 1 aromatic carbocycles. The Kier molecular flexibility index (Phi) is 4.55. The Bertz CT molecular complexity index is 599. The Morgan fingerprint density at radius 1 is 1.40 bits per heavy atom. The van der Waals surface area contributed by atoms with Crippen LogP contribution in [0.4, 0.5) is 5.69 Å². The summed E-state index contributed by atoms with van der Waals surface area (Å²) in [6, 6.07) is 6.96. The fourth-order valence-electron chi connectivity index (χ4n) is 1.85. The average molecular weight is 317 g/mol. The fraction of sp³-hybridized carbons (Fsp3) is 0.462. The number of rotatable bonds is 6. The van der Waals surface area contributed by atoms with E-state index in [-0.39, 0.29) is 24.9 Å². The van der Waals surface area contributed by atoms with Crippen molar-refractivity contribution in [1.82, 2.24) is 5.32 Å². The summed E-state index contributed by atoms with van der Waals surface area (Å²) in [7, 11) is -3.48. The summed E-state index contributed by atoms with van der Waals surface area (Å²) in [4.78, 5) is 11.7. The largest absolute Gasteiger partial charge is 0.353 e.